The van der Waals surface area contributed by atoms with Gasteiger partial charge in [-0.2, -0.15) is 0 Å². The Hall–Kier alpha value is -2.11. The summed E-state index contributed by atoms with van der Waals surface area (Å²) in [5.74, 6) is 2.27. The van der Waals surface area contributed by atoms with Crippen LogP contribution in [0.2, 0.25) is 0 Å². The smallest absolute Gasteiger partial charge is 0.292 e. The molecule has 0 spiro atoms. The summed E-state index contributed by atoms with van der Waals surface area (Å²) in [6.07, 6.45) is 7.79. The zero-order valence-corrected chi connectivity index (χ0v) is 13.7. The average Bonchev–Trinajstić information content (AvgIpc) is 2.51. The van der Waals surface area contributed by atoms with E-state index in [4.69, 9.17) is 5.73 Å². The molecule has 5 rings (SSSR count). The van der Waals surface area contributed by atoms with E-state index in [9.17, 15) is 14.9 Å². The number of rotatable bonds is 4. The van der Waals surface area contributed by atoms with Gasteiger partial charge in [-0.3, -0.25) is 14.9 Å². The lowest BCUT2D eigenvalue weighted by molar-refractivity contribution is -0.383. The Morgan fingerprint density at radius 2 is 1.79 bits per heavy atom. The molecular weight excluding hydrogens is 306 g/mol. The number of benzene rings is 1. The van der Waals surface area contributed by atoms with Crippen LogP contribution in [0.5, 0.6) is 0 Å². The quantitative estimate of drug-likeness (QED) is 0.503. The molecule has 4 aliphatic carbocycles. The average molecular weight is 329 g/mol. The van der Waals surface area contributed by atoms with E-state index < -0.39 is 4.92 Å². The van der Waals surface area contributed by atoms with Crippen LogP contribution < -0.4 is 11.1 Å². The van der Waals surface area contributed by atoms with Gasteiger partial charge in [-0.1, -0.05) is 0 Å². The summed E-state index contributed by atoms with van der Waals surface area (Å²) in [5.41, 5.74) is 6.02. The molecule has 1 aromatic carbocycles. The van der Waals surface area contributed by atoms with Crippen LogP contribution in [0.15, 0.2) is 18.2 Å². The Bertz CT molecular complexity index is 665. The molecule has 3 N–H and O–H groups in total. The van der Waals surface area contributed by atoms with Crippen molar-refractivity contribution >= 4 is 17.3 Å². The second-order valence-electron chi connectivity index (χ2n) is 8.13. The van der Waals surface area contributed by atoms with Gasteiger partial charge in [-0.05, 0) is 73.8 Å². The first-order valence-electron chi connectivity index (χ1n) is 8.76. The SMILES string of the molecule is Nc1ccc(C(=O)NCC23CC4CC(CC(C4)C2)C3)cc1[N+](=O)[O-]. The minimum Gasteiger partial charge on any atom is -0.393 e. The normalized spacial score (nSPS) is 33.4. The number of carbonyl (C=O) groups is 1. The lowest BCUT2D eigenvalue weighted by Gasteiger charge is -2.56. The second-order valence-corrected chi connectivity index (χ2v) is 8.13. The lowest BCUT2D eigenvalue weighted by atomic mass is 9.49. The molecule has 6 heteroatoms. The monoisotopic (exact) mass is 329 g/mol. The van der Waals surface area contributed by atoms with Crippen LogP contribution in [0.1, 0.15) is 48.9 Å². The second kappa shape index (κ2) is 5.46. The van der Waals surface area contributed by atoms with Crippen molar-refractivity contribution < 1.29 is 9.72 Å². The molecule has 0 radical (unpaired) electrons. The fourth-order valence-corrected chi connectivity index (χ4v) is 5.72. The number of nitrogens with two attached hydrogens (primary N) is 1. The molecule has 0 unspecified atom stereocenters. The third-order valence-electron chi connectivity index (χ3n) is 6.28. The molecule has 0 aromatic heterocycles. The predicted octanol–water partition coefficient (Wildman–Crippen LogP) is 3.12. The Labute approximate surface area is 140 Å². The Morgan fingerprint density at radius 3 is 2.33 bits per heavy atom. The maximum absolute atomic E-state index is 12.4. The molecule has 128 valence electrons. The topological polar surface area (TPSA) is 98.3 Å². The van der Waals surface area contributed by atoms with Crippen LogP contribution >= 0.6 is 0 Å². The van der Waals surface area contributed by atoms with Gasteiger partial charge in [0.1, 0.15) is 5.69 Å². The van der Waals surface area contributed by atoms with Crippen LogP contribution in [-0.4, -0.2) is 17.4 Å². The Balaban J connectivity index is 1.46. The van der Waals surface area contributed by atoms with Gasteiger partial charge in [0.25, 0.3) is 11.6 Å². The minimum atomic E-state index is -0.550. The summed E-state index contributed by atoms with van der Waals surface area (Å²) in [4.78, 5) is 22.9. The van der Waals surface area contributed by atoms with Crippen molar-refractivity contribution in [1.29, 1.82) is 0 Å². The van der Waals surface area contributed by atoms with E-state index in [1.165, 1.54) is 50.7 Å². The van der Waals surface area contributed by atoms with Gasteiger partial charge < -0.3 is 11.1 Å². The number of anilines is 1. The fourth-order valence-electron chi connectivity index (χ4n) is 5.72. The van der Waals surface area contributed by atoms with E-state index in [2.05, 4.69) is 5.32 Å². The number of nitrogen functional groups attached to an aromatic ring is 1. The summed E-state index contributed by atoms with van der Waals surface area (Å²) >= 11 is 0. The number of nitrogens with one attached hydrogen (secondary N) is 1. The summed E-state index contributed by atoms with van der Waals surface area (Å²) in [6, 6.07) is 4.25. The maximum Gasteiger partial charge on any atom is 0.292 e. The van der Waals surface area contributed by atoms with Gasteiger partial charge in [-0.15, -0.1) is 0 Å². The van der Waals surface area contributed by atoms with E-state index in [-0.39, 0.29) is 22.7 Å². The lowest BCUT2D eigenvalue weighted by Crippen LogP contribution is -2.51. The molecule has 1 amide bonds. The molecule has 4 aliphatic rings. The summed E-state index contributed by atoms with van der Waals surface area (Å²) in [7, 11) is 0. The highest BCUT2D eigenvalue weighted by molar-refractivity contribution is 5.95. The van der Waals surface area contributed by atoms with E-state index in [0.717, 1.165) is 17.8 Å². The highest BCUT2D eigenvalue weighted by Gasteiger charge is 2.50. The largest absolute Gasteiger partial charge is 0.393 e. The van der Waals surface area contributed by atoms with E-state index in [0.29, 0.717) is 12.1 Å². The van der Waals surface area contributed by atoms with Gasteiger partial charge in [0.05, 0.1) is 4.92 Å². The summed E-state index contributed by atoms with van der Waals surface area (Å²) in [6.45, 7) is 0.688. The third-order valence-corrected chi connectivity index (χ3v) is 6.28. The summed E-state index contributed by atoms with van der Waals surface area (Å²) in [5, 5.41) is 14.0. The molecule has 4 saturated carbocycles. The predicted molar refractivity (Wildman–Crippen MR) is 90.4 cm³/mol. The zero-order valence-electron chi connectivity index (χ0n) is 13.7. The molecular formula is C18H23N3O3. The molecule has 6 nitrogen and oxygen atoms in total. The van der Waals surface area contributed by atoms with Crippen molar-refractivity contribution in [3.8, 4) is 0 Å². The maximum atomic E-state index is 12.4. The van der Waals surface area contributed by atoms with Gasteiger partial charge >= 0.3 is 0 Å². The van der Waals surface area contributed by atoms with Crippen molar-refractivity contribution in [2.75, 3.05) is 12.3 Å². The highest BCUT2D eigenvalue weighted by Crippen LogP contribution is 2.59. The molecule has 0 saturated heterocycles. The molecule has 24 heavy (non-hydrogen) atoms. The molecule has 4 fully saturated rings. The van der Waals surface area contributed by atoms with Gasteiger partial charge in [-0.25, -0.2) is 0 Å². The zero-order chi connectivity index (χ0) is 16.9. The van der Waals surface area contributed by atoms with Crippen molar-refractivity contribution in [1.82, 2.24) is 5.32 Å². The summed E-state index contributed by atoms with van der Waals surface area (Å²) < 4.78 is 0. The number of nitrogens with zero attached hydrogens (tertiary/aromatic N) is 1. The van der Waals surface area contributed by atoms with E-state index in [1.807, 2.05) is 0 Å². The third kappa shape index (κ3) is 2.64. The number of hydrogen-bond donors (Lipinski definition) is 2. The molecule has 0 heterocycles. The molecule has 0 aliphatic heterocycles. The van der Waals surface area contributed by atoms with E-state index in [1.54, 1.807) is 6.07 Å². The van der Waals surface area contributed by atoms with Gasteiger partial charge in [0.15, 0.2) is 0 Å². The van der Waals surface area contributed by atoms with Crippen LogP contribution in [0.4, 0.5) is 11.4 Å². The molecule has 0 atom stereocenters. The number of nitro benzene ring substituents is 1. The van der Waals surface area contributed by atoms with E-state index >= 15 is 0 Å². The minimum absolute atomic E-state index is 0.0811. The first-order chi connectivity index (χ1) is 11.4. The van der Waals surface area contributed by atoms with Crippen molar-refractivity contribution in [3.05, 3.63) is 33.9 Å². The van der Waals surface area contributed by atoms with Crippen LogP contribution in [0.3, 0.4) is 0 Å². The first kappa shape index (κ1) is 15.4. The Kier molecular flexibility index (Phi) is 3.51. The van der Waals surface area contributed by atoms with Crippen LogP contribution in [-0.2, 0) is 0 Å². The number of hydrogen-bond acceptors (Lipinski definition) is 4. The van der Waals surface area contributed by atoms with Crippen molar-refractivity contribution in [2.24, 2.45) is 23.2 Å². The first-order valence-corrected chi connectivity index (χ1v) is 8.76. The van der Waals surface area contributed by atoms with Gasteiger partial charge in [0, 0.05) is 18.2 Å². The Morgan fingerprint density at radius 1 is 1.21 bits per heavy atom. The number of nitro groups is 1. The van der Waals surface area contributed by atoms with Crippen LogP contribution in [0, 0.1) is 33.3 Å². The van der Waals surface area contributed by atoms with Crippen molar-refractivity contribution in [3.63, 3.8) is 0 Å². The standard InChI is InChI=1S/C18H23N3O3/c19-15-2-1-14(6-16(15)21(23)24)17(22)20-10-18-7-11-3-12(8-18)5-13(4-11)9-18/h1-2,6,11-13H,3-5,7-10,19H2,(H,20,22). The number of carbonyl (C=O) groups excluding carboxylic acids is 1. The van der Waals surface area contributed by atoms with Crippen LogP contribution in [0.25, 0.3) is 0 Å². The molecule has 4 bridgehead atoms. The fraction of sp³-hybridized carbons (Fsp3) is 0.611. The van der Waals surface area contributed by atoms with Gasteiger partial charge in [0.2, 0.25) is 0 Å². The molecule has 1 aromatic rings. The number of amides is 1. The van der Waals surface area contributed by atoms with Crippen molar-refractivity contribution in [2.45, 2.75) is 38.5 Å². The highest BCUT2D eigenvalue weighted by atomic mass is 16.6.